The molecule has 5 heteroatoms. The number of amides is 2. The second kappa shape index (κ2) is 9.04. The van der Waals surface area contributed by atoms with Gasteiger partial charge in [-0.3, -0.25) is 9.59 Å². The summed E-state index contributed by atoms with van der Waals surface area (Å²) in [5.74, 6) is 0.975. The molecule has 5 nitrogen and oxygen atoms in total. The van der Waals surface area contributed by atoms with Crippen LogP contribution >= 0.6 is 0 Å². The maximum atomic E-state index is 12.2. The van der Waals surface area contributed by atoms with Crippen molar-refractivity contribution in [1.29, 1.82) is 0 Å². The molecule has 0 saturated carbocycles. The Hall–Kier alpha value is -2.82. The zero-order chi connectivity index (χ0) is 19.1. The van der Waals surface area contributed by atoms with Crippen LogP contribution in [0.15, 0.2) is 42.5 Å². The number of hydrogen-bond donors (Lipinski definition) is 2. The van der Waals surface area contributed by atoms with Gasteiger partial charge in [-0.1, -0.05) is 26.0 Å². The fourth-order valence-electron chi connectivity index (χ4n) is 2.58. The molecule has 2 aromatic rings. The van der Waals surface area contributed by atoms with Crippen LogP contribution in [0, 0.1) is 12.8 Å². The summed E-state index contributed by atoms with van der Waals surface area (Å²) in [4.78, 5) is 24.0. The predicted molar refractivity (Wildman–Crippen MR) is 105 cm³/mol. The normalized spacial score (nSPS) is 10.5. The van der Waals surface area contributed by atoms with Crippen LogP contribution < -0.4 is 15.4 Å². The molecule has 0 bridgehead atoms. The number of carbonyl (C=O) groups excluding carboxylic acids is 2. The Labute approximate surface area is 154 Å². The van der Waals surface area contributed by atoms with Crippen molar-refractivity contribution in [2.45, 2.75) is 33.6 Å². The maximum absolute atomic E-state index is 12.2. The van der Waals surface area contributed by atoms with Crippen molar-refractivity contribution in [3.63, 3.8) is 0 Å². The average molecular weight is 354 g/mol. The van der Waals surface area contributed by atoms with Gasteiger partial charge < -0.3 is 15.4 Å². The van der Waals surface area contributed by atoms with E-state index in [-0.39, 0.29) is 18.2 Å². The van der Waals surface area contributed by atoms with Crippen molar-refractivity contribution >= 4 is 23.2 Å². The number of methoxy groups -OCH3 is 1. The molecule has 0 aliphatic carbocycles. The summed E-state index contributed by atoms with van der Waals surface area (Å²) in [7, 11) is 1.62. The van der Waals surface area contributed by atoms with Crippen LogP contribution in [0.4, 0.5) is 11.4 Å². The van der Waals surface area contributed by atoms with Crippen molar-refractivity contribution < 1.29 is 14.3 Å². The van der Waals surface area contributed by atoms with E-state index in [4.69, 9.17) is 4.74 Å². The third-order valence-electron chi connectivity index (χ3n) is 3.88. The van der Waals surface area contributed by atoms with Gasteiger partial charge >= 0.3 is 0 Å². The zero-order valence-electron chi connectivity index (χ0n) is 15.8. The van der Waals surface area contributed by atoms with E-state index in [1.165, 1.54) is 0 Å². The Balaban J connectivity index is 1.92. The van der Waals surface area contributed by atoms with Crippen LogP contribution in [0.3, 0.4) is 0 Å². The number of nitrogens with one attached hydrogen (secondary N) is 2. The molecule has 0 radical (unpaired) electrons. The first-order valence-electron chi connectivity index (χ1n) is 8.70. The van der Waals surface area contributed by atoms with Gasteiger partial charge in [0.25, 0.3) is 0 Å². The van der Waals surface area contributed by atoms with Crippen molar-refractivity contribution in [2.24, 2.45) is 5.92 Å². The lowest BCUT2D eigenvalue weighted by Gasteiger charge is -2.10. The minimum absolute atomic E-state index is 0.00916. The lowest BCUT2D eigenvalue weighted by Crippen LogP contribution is -2.15. The highest BCUT2D eigenvalue weighted by Gasteiger charge is 2.08. The zero-order valence-corrected chi connectivity index (χ0v) is 15.8. The molecule has 0 heterocycles. The molecule has 2 N–H and O–H groups in total. The van der Waals surface area contributed by atoms with Gasteiger partial charge in [-0.25, -0.2) is 0 Å². The molecule has 0 fully saturated rings. The lowest BCUT2D eigenvalue weighted by atomic mass is 10.1. The summed E-state index contributed by atoms with van der Waals surface area (Å²) in [6, 6.07) is 12.9. The minimum atomic E-state index is -0.104. The first kappa shape index (κ1) is 19.5. The number of ether oxygens (including phenoxy) is 1. The van der Waals surface area contributed by atoms with E-state index < -0.39 is 0 Å². The van der Waals surface area contributed by atoms with Gasteiger partial charge in [0.05, 0.1) is 13.5 Å². The van der Waals surface area contributed by atoms with E-state index in [1.54, 1.807) is 31.4 Å². The molecule has 0 aromatic heterocycles. The minimum Gasteiger partial charge on any atom is -0.496 e. The summed E-state index contributed by atoms with van der Waals surface area (Å²) < 4.78 is 5.29. The number of aryl methyl sites for hydroxylation is 1. The average Bonchev–Trinajstić information content (AvgIpc) is 2.57. The molecular weight excluding hydrogens is 328 g/mol. The predicted octanol–water partition coefficient (Wildman–Crippen LogP) is 4.17. The van der Waals surface area contributed by atoms with E-state index in [2.05, 4.69) is 10.6 Å². The molecule has 0 aliphatic rings. The van der Waals surface area contributed by atoms with E-state index in [9.17, 15) is 9.59 Å². The Morgan fingerprint density at radius 3 is 2.08 bits per heavy atom. The van der Waals surface area contributed by atoms with Gasteiger partial charge in [0.2, 0.25) is 11.8 Å². The van der Waals surface area contributed by atoms with E-state index >= 15 is 0 Å². The standard InChI is InChI=1S/C21H26N2O3/c1-14(2)11-20(24)22-17-7-9-18(10-8-17)23-21(25)13-16-6-5-15(3)19(12-16)26-4/h5-10,12,14H,11,13H2,1-4H3,(H,22,24)(H,23,25). The summed E-state index contributed by atoms with van der Waals surface area (Å²) >= 11 is 0. The molecule has 0 saturated heterocycles. The topological polar surface area (TPSA) is 67.4 Å². The van der Waals surface area contributed by atoms with Crippen LogP contribution in [0.5, 0.6) is 5.75 Å². The smallest absolute Gasteiger partial charge is 0.228 e. The molecule has 2 rings (SSSR count). The highest BCUT2D eigenvalue weighted by atomic mass is 16.5. The second-order valence-corrected chi connectivity index (χ2v) is 6.75. The van der Waals surface area contributed by atoms with Crippen molar-refractivity contribution in [3.05, 3.63) is 53.6 Å². The summed E-state index contributed by atoms with van der Waals surface area (Å²) in [5.41, 5.74) is 3.34. The number of benzene rings is 2. The number of hydrogen-bond acceptors (Lipinski definition) is 3. The molecule has 0 spiro atoms. The Bertz CT molecular complexity index is 767. The third kappa shape index (κ3) is 5.92. The molecule has 26 heavy (non-hydrogen) atoms. The number of anilines is 2. The highest BCUT2D eigenvalue weighted by molar-refractivity contribution is 5.93. The maximum Gasteiger partial charge on any atom is 0.228 e. The van der Waals surface area contributed by atoms with Crippen LogP contribution in [0.1, 0.15) is 31.4 Å². The lowest BCUT2D eigenvalue weighted by molar-refractivity contribution is -0.117. The van der Waals surface area contributed by atoms with Gasteiger partial charge in [0.15, 0.2) is 0 Å². The first-order chi connectivity index (χ1) is 12.4. The summed E-state index contributed by atoms with van der Waals surface area (Å²) in [6.45, 7) is 5.97. The summed E-state index contributed by atoms with van der Waals surface area (Å²) in [5, 5.41) is 5.71. The summed E-state index contributed by atoms with van der Waals surface area (Å²) in [6.07, 6.45) is 0.752. The van der Waals surface area contributed by atoms with E-state index in [1.807, 2.05) is 39.0 Å². The van der Waals surface area contributed by atoms with Gasteiger partial charge in [0.1, 0.15) is 5.75 Å². The van der Waals surface area contributed by atoms with Crippen molar-refractivity contribution in [3.8, 4) is 5.75 Å². The molecular formula is C21H26N2O3. The largest absolute Gasteiger partial charge is 0.496 e. The molecule has 2 aromatic carbocycles. The highest BCUT2D eigenvalue weighted by Crippen LogP contribution is 2.20. The Morgan fingerprint density at radius 1 is 0.962 bits per heavy atom. The number of rotatable bonds is 7. The monoisotopic (exact) mass is 354 g/mol. The van der Waals surface area contributed by atoms with Crippen LogP contribution in [0.25, 0.3) is 0 Å². The van der Waals surface area contributed by atoms with Crippen LogP contribution in [-0.4, -0.2) is 18.9 Å². The third-order valence-corrected chi connectivity index (χ3v) is 3.88. The van der Waals surface area contributed by atoms with Crippen LogP contribution in [-0.2, 0) is 16.0 Å². The molecule has 138 valence electrons. The van der Waals surface area contributed by atoms with Crippen molar-refractivity contribution in [2.75, 3.05) is 17.7 Å². The SMILES string of the molecule is COc1cc(CC(=O)Nc2ccc(NC(=O)CC(C)C)cc2)ccc1C. The van der Waals surface area contributed by atoms with Crippen LogP contribution in [0.2, 0.25) is 0 Å². The Kier molecular flexibility index (Phi) is 6.78. The second-order valence-electron chi connectivity index (χ2n) is 6.75. The van der Waals surface area contributed by atoms with E-state index in [0.717, 1.165) is 22.6 Å². The van der Waals surface area contributed by atoms with Gasteiger partial charge in [0, 0.05) is 17.8 Å². The Morgan fingerprint density at radius 2 is 1.54 bits per heavy atom. The van der Waals surface area contributed by atoms with E-state index in [0.29, 0.717) is 18.0 Å². The fourth-order valence-corrected chi connectivity index (χ4v) is 2.58. The fraction of sp³-hybridized carbons (Fsp3) is 0.333. The molecule has 0 atom stereocenters. The van der Waals surface area contributed by atoms with Gasteiger partial charge in [-0.2, -0.15) is 0 Å². The quantitative estimate of drug-likeness (QED) is 0.784. The number of carbonyl (C=O) groups is 2. The van der Waals surface area contributed by atoms with Gasteiger partial charge in [-0.05, 0) is 54.3 Å². The van der Waals surface area contributed by atoms with Gasteiger partial charge in [-0.15, -0.1) is 0 Å². The van der Waals surface area contributed by atoms with Crippen molar-refractivity contribution in [1.82, 2.24) is 0 Å². The molecule has 2 amide bonds. The first-order valence-corrected chi connectivity index (χ1v) is 8.70. The molecule has 0 aliphatic heterocycles. The molecule has 0 unspecified atom stereocenters.